The Hall–Kier alpha value is -2.39. The molecule has 2 aromatic carbocycles. The Bertz CT molecular complexity index is 957. The van der Waals surface area contributed by atoms with Crippen LogP contribution in [-0.2, 0) is 0 Å². The van der Waals surface area contributed by atoms with Crippen LogP contribution in [0.15, 0.2) is 47.5 Å². The highest BCUT2D eigenvalue weighted by Crippen LogP contribution is 2.37. The minimum absolute atomic E-state index is 0.0109. The van der Waals surface area contributed by atoms with Gasteiger partial charge in [-0.15, -0.1) is 0 Å². The van der Waals surface area contributed by atoms with Crippen LogP contribution in [0.25, 0.3) is 10.9 Å². The highest BCUT2D eigenvalue weighted by atomic mass is 35.5. The minimum atomic E-state index is -4.37. The standard InChI is InChI=1S/C16H10ClF4N3OS/c17-11-5-10-13(6-12(11)18)22-7-14(10)24-15(25)23-8-1-3-9(4-2-8)26-16(19,20)21/h1-7,22H,(H2,23,24,25). The van der Waals surface area contributed by atoms with Crippen LogP contribution in [0, 0.1) is 5.82 Å². The summed E-state index contributed by atoms with van der Waals surface area (Å²) in [5.74, 6) is -0.589. The van der Waals surface area contributed by atoms with E-state index in [1.165, 1.54) is 42.6 Å². The van der Waals surface area contributed by atoms with Crippen LogP contribution in [0.3, 0.4) is 0 Å². The van der Waals surface area contributed by atoms with Gasteiger partial charge in [-0.25, -0.2) is 9.18 Å². The number of nitrogens with one attached hydrogen (secondary N) is 3. The number of fused-ring (bicyclic) bond motifs is 1. The van der Waals surface area contributed by atoms with Gasteiger partial charge in [-0.2, -0.15) is 13.2 Å². The lowest BCUT2D eigenvalue weighted by atomic mass is 10.2. The molecule has 0 fully saturated rings. The third kappa shape index (κ3) is 4.41. The number of urea groups is 1. The molecule has 0 aliphatic rings. The number of aromatic nitrogens is 1. The first kappa shape index (κ1) is 18.4. The minimum Gasteiger partial charge on any atom is -0.359 e. The Morgan fingerprint density at radius 1 is 1.12 bits per heavy atom. The molecular weight excluding hydrogens is 394 g/mol. The second-order valence-electron chi connectivity index (χ2n) is 5.17. The van der Waals surface area contributed by atoms with E-state index in [0.29, 0.717) is 22.3 Å². The average Bonchev–Trinajstić information content (AvgIpc) is 2.90. The fourth-order valence-corrected chi connectivity index (χ4v) is 2.95. The zero-order chi connectivity index (χ0) is 18.9. The number of H-pyrrole nitrogens is 1. The summed E-state index contributed by atoms with van der Waals surface area (Å²) in [4.78, 5) is 14.9. The number of benzene rings is 2. The van der Waals surface area contributed by atoms with Crippen LogP contribution in [0.2, 0.25) is 5.02 Å². The molecule has 0 atom stereocenters. The predicted octanol–water partition coefficient (Wildman–Crippen LogP) is 6.22. The number of carbonyl (C=O) groups is 1. The van der Waals surface area contributed by atoms with Gasteiger partial charge in [0.2, 0.25) is 0 Å². The zero-order valence-corrected chi connectivity index (χ0v) is 14.3. The second-order valence-corrected chi connectivity index (χ2v) is 6.71. The van der Waals surface area contributed by atoms with Gasteiger partial charge in [-0.05, 0) is 48.2 Å². The number of halogens is 5. The Kier molecular flexibility index (Phi) is 5.01. The van der Waals surface area contributed by atoms with Gasteiger partial charge in [0.1, 0.15) is 5.82 Å². The quantitative estimate of drug-likeness (QED) is 0.359. The molecule has 0 saturated heterocycles. The lowest BCUT2D eigenvalue weighted by molar-refractivity contribution is -0.0328. The summed E-state index contributed by atoms with van der Waals surface area (Å²) in [5, 5.41) is 5.50. The van der Waals surface area contributed by atoms with E-state index >= 15 is 0 Å². The molecule has 0 bridgehead atoms. The maximum atomic E-state index is 13.4. The van der Waals surface area contributed by atoms with Gasteiger partial charge in [0, 0.05) is 22.2 Å². The Morgan fingerprint density at radius 3 is 2.46 bits per heavy atom. The number of anilines is 2. The first-order valence-electron chi connectivity index (χ1n) is 7.11. The molecule has 10 heteroatoms. The summed E-state index contributed by atoms with van der Waals surface area (Å²) in [6.07, 6.45) is 1.48. The monoisotopic (exact) mass is 403 g/mol. The van der Waals surface area contributed by atoms with Crippen LogP contribution < -0.4 is 10.6 Å². The van der Waals surface area contributed by atoms with E-state index in [4.69, 9.17) is 11.6 Å². The zero-order valence-electron chi connectivity index (χ0n) is 12.7. The van der Waals surface area contributed by atoms with Crippen molar-refractivity contribution in [3.05, 3.63) is 53.4 Å². The molecule has 136 valence electrons. The molecule has 4 nitrogen and oxygen atoms in total. The third-order valence-electron chi connectivity index (χ3n) is 3.32. The highest BCUT2D eigenvalue weighted by molar-refractivity contribution is 8.00. The first-order chi connectivity index (χ1) is 12.2. The van der Waals surface area contributed by atoms with Gasteiger partial charge in [0.25, 0.3) is 0 Å². The number of rotatable bonds is 3. The normalized spacial score (nSPS) is 11.6. The van der Waals surface area contributed by atoms with Gasteiger partial charge in [0.05, 0.1) is 16.2 Å². The van der Waals surface area contributed by atoms with Crippen LogP contribution in [0.4, 0.5) is 33.7 Å². The Labute approximate surface area is 153 Å². The van der Waals surface area contributed by atoms with Crippen molar-refractivity contribution in [1.82, 2.24) is 4.98 Å². The smallest absolute Gasteiger partial charge is 0.359 e. The van der Waals surface area contributed by atoms with Crippen LogP contribution in [-0.4, -0.2) is 16.5 Å². The molecule has 0 radical (unpaired) electrons. The highest BCUT2D eigenvalue weighted by Gasteiger charge is 2.29. The molecular formula is C16H10ClF4N3OS. The molecule has 1 heterocycles. The lowest BCUT2D eigenvalue weighted by Gasteiger charge is -2.09. The summed E-state index contributed by atoms with van der Waals surface area (Å²) < 4.78 is 50.3. The number of carbonyl (C=O) groups excluding carboxylic acids is 1. The molecule has 26 heavy (non-hydrogen) atoms. The molecule has 3 rings (SSSR count). The number of aromatic amines is 1. The van der Waals surface area contributed by atoms with Gasteiger partial charge < -0.3 is 15.6 Å². The average molecular weight is 404 g/mol. The number of thioether (sulfide) groups is 1. The van der Waals surface area contributed by atoms with Crippen LogP contribution >= 0.6 is 23.4 Å². The van der Waals surface area contributed by atoms with Crippen molar-refractivity contribution in [2.45, 2.75) is 10.4 Å². The maximum absolute atomic E-state index is 13.4. The van der Waals surface area contributed by atoms with Crippen molar-refractivity contribution >= 4 is 51.7 Å². The number of amides is 2. The summed E-state index contributed by atoms with van der Waals surface area (Å²) in [6, 6.07) is 7.19. The fraction of sp³-hybridized carbons (Fsp3) is 0.0625. The van der Waals surface area contributed by atoms with Gasteiger partial charge >= 0.3 is 11.5 Å². The Morgan fingerprint density at radius 2 is 1.81 bits per heavy atom. The molecule has 3 aromatic rings. The summed E-state index contributed by atoms with van der Waals surface area (Å²) >= 11 is 5.50. The van der Waals surface area contributed by atoms with E-state index in [0.717, 1.165) is 0 Å². The number of alkyl halides is 3. The van der Waals surface area contributed by atoms with Crippen molar-refractivity contribution in [2.75, 3.05) is 10.6 Å². The molecule has 2 amide bonds. The molecule has 0 unspecified atom stereocenters. The molecule has 1 aromatic heterocycles. The summed E-state index contributed by atoms with van der Waals surface area (Å²) in [6.45, 7) is 0. The number of hydrogen-bond donors (Lipinski definition) is 3. The molecule has 0 spiro atoms. The molecule has 0 aliphatic heterocycles. The van der Waals surface area contributed by atoms with E-state index in [9.17, 15) is 22.4 Å². The second kappa shape index (κ2) is 7.08. The van der Waals surface area contributed by atoms with Gasteiger partial charge in [-0.3, -0.25) is 0 Å². The van der Waals surface area contributed by atoms with Crippen molar-refractivity contribution in [3.63, 3.8) is 0 Å². The number of hydrogen-bond acceptors (Lipinski definition) is 2. The summed E-state index contributed by atoms with van der Waals surface area (Å²) in [5.41, 5.74) is -3.22. The molecule has 0 saturated carbocycles. The summed E-state index contributed by atoms with van der Waals surface area (Å²) in [7, 11) is 0. The predicted molar refractivity (Wildman–Crippen MR) is 94.3 cm³/mol. The Balaban J connectivity index is 1.68. The van der Waals surface area contributed by atoms with E-state index < -0.39 is 17.4 Å². The molecule has 3 N–H and O–H groups in total. The van der Waals surface area contributed by atoms with E-state index in [1.807, 2.05) is 0 Å². The van der Waals surface area contributed by atoms with Crippen molar-refractivity contribution in [1.29, 1.82) is 0 Å². The van der Waals surface area contributed by atoms with Crippen molar-refractivity contribution < 1.29 is 22.4 Å². The fourth-order valence-electron chi connectivity index (χ4n) is 2.24. The largest absolute Gasteiger partial charge is 0.446 e. The SMILES string of the molecule is O=C(Nc1ccc(SC(F)(F)F)cc1)Nc1c[nH]c2cc(F)c(Cl)cc12. The van der Waals surface area contributed by atoms with E-state index in [1.54, 1.807) is 0 Å². The molecule has 0 aliphatic carbocycles. The lowest BCUT2D eigenvalue weighted by Crippen LogP contribution is -2.19. The van der Waals surface area contributed by atoms with Gasteiger partial charge in [0.15, 0.2) is 0 Å². The topological polar surface area (TPSA) is 56.9 Å². The third-order valence-corrected chi connectivity index (χ3v) is 4.35. The van der Waals surface area contributed by atoms with Gasteiger partial charge in [-0.1, -0.05) is 11.6 Å². The van der Waals surface area contributed by atoms with E-state index in [-0.39, 0.29) is 21.7 Å². The first-order valence-corrected chi connectivity index (χ1v) is 8.31. The maximum Gasteiger partial charge on any atom is 0.446 e. The van der Waals surface area contributed by atoms with Crippen molar-refractivity contribution in [3.8, 4) is 0 Å². The van der Waals surface area contributed by atoms with Crippen molar-refractivity contribution in [2.24, 2.45) is 0 Å². The van der Waals surface area contributed by atoms with Crippen LogP contribution in [0.5, 0.6) is 0 Å². The van der Waals surface area contributed by atoms with E-state index in [2.05, 4.69) is 15.6 Å². The van der Waals surface area contributed by atoms with Crippen LogP contribution in [0.1, 0.15) is 0 Å².